The van der Waals surface area contributed by atoms with E-state index in [0.29, 0.717) is 0 Å². The van der Waals surface area contributed by atoms with Gasteiger partial charge >= 0.3 is 0 Å². The molecule has 1 amide bonds. The second kappa shape index (κ2) is 3.67. The Kier molecular flexibility index (Phi) is 2.34. The first-order chi connectivity index (χ1) is 7.70. The maximum absolute atomic E-state index is 11.9. The van der Waals surface area contributed by atoms with Gasteiger partial charge in [-0.2, -0.15) is 10.5 Å². The van der Waals surface area contributed by atoms with Crippen LogP contribution in [0.2, 0.25) is 0 Å². The monoisotopic (exact) mass is 211 g/mol. The number of hydrogen-bond donors (Lipinski definition) is 0. The van der Waals surface area contributed by atoms with Crippen LogP contribution in [0.15, 0.2) is 24.3 Å². The van der Waals surface area contributed by atoms with Gasteiger partial charge in [0.15, 0.2) is 0 Å². The molecule has 16 heavy (non-hydrogen) atoms. The van der Waals surface area contributed by atoms with E-state index in [4.69, 9.17) is 10.5 Å². The number of rotatable bonds is 1. The summed E-state index contributed by atoms with van der Waals surface area (Å²) in [5, 5.41) is 17.7. The summed E-state index contributed by atoms with van der Waals surface area (Å²) in [4.78, 5) is 13.4. The van der Waals surface area contributed by atoms with E-state index in [-0.39, 0.29) is 5.91 Å². The van der Waals surface area contributed by atoms with Crippen LogP contribution in [0.5, 0.6) is 0 Å². The van der Waals surface area contributed by atoms with E-state index >= 15 is 0 Å². The van der Waals surface area contributed by atoms with Crippen LogP contribution in [-0.4, -0.2) is 13.0 Å². The van der Waals surface area contributed by atoms with Crippen molar-refractivity contribution in [3.63, 3.8) is 0 Å². The van der Waals surface area contributed by atoms with E-state index in [1.807, 2.05) is 30.3 Å². The van der Waals surface area contributed by atoms with Gasteiger partial charge in [-0.15, -0.1) is 0 Å². The lowest BCUT2D eigenvalue weighted by molar-refractivity contribution is -0.119. The fourth-order valence-corrected chi connectivity index (χ4v) is 2.02. The van der Waals surface area contributed by atoms with E-state index in [1.54, 1.807) is 13.1 Å². The maximum atomic E-state index is 11.9. The first kappa shape index (κ1) is 10.2. The molecule has 0 spiro atoms. The number of nitriles is 2. The minimum absolute atomic E-state index is 0.186. The van der Waals surface area contributed by atoms with Crippen molar-refractivity contribution >= 4 is 11.6 Å². The molecule has 1 aromatic carbocycles. The quantitative estimate of drug-likeness (QED) is 0.705. The molecule has 0 saturated heterocycles. The van der Waals surface area contributed by atoms with Gasteiger partial charge in [0.2, 0.25) is 5.91 Å². The Labute approximate surface area is 93.3 Å². The summed E-state index contributed by atoms with van der Waals surface area (Å²) < 4.78 is 0. The zero-order valence-corrected chi connectivity index (χ0v) is 8.71. The highest BCUT2D eigenvalue weighted by Gasteiger charge is 2.40. The van der Waals surface area contributed by atoms with E-state index < -0.39 is 11.8 Å². The SMILES string of the molecule is CN1C(=O)C(C(C#N)C#N)c2ccccc21. The summed E-state index contributed by atoms with van der Waals surface area (Å²) in [5.74, 6) is -1.75. The highest BCUT2D eigenvalue weighted by molar-refractivity contribution is 6.05. The molecule has 1 heterocycles. The van der Waals surface area contributed by atoms with Gasteiger partial charge in [0.25, 0.3) is 0 Å². The van der Waals surface area contributed by atoms with Crippen LogP contribution in [-0.2, 0) is 4.79 Å². The lowest BCUT2D eigenvalue weighted by Gasteiger charge is -2.10. The molecule has 1 atom stereocenters. The van der Waals surface area contributed by atoms with E-state index in [0.717, 1.165) is 11.3 Å². The molecular weight excluding hydrogens is 202 g/mol. The zero-order chi connectivity index (χ0) is 11.7. The smallest absolute Gasteiger partial charge is 0.236 e. The summed E-state index contributed by atoms with van der Waals surface area (Å²) >= 11 is 0. The highest BCUT2D eigenvalue weighted by atomic mass is 16.2. The first-order valence-electron chi connectivity index (χ1n) is 4.86. The number of nitrogens with zero attached hydrogens (tertiary/aromatic N) is 3. The molecule has 0 fully saturated rings. The molecule has 1 unspecified atom stereocenters. The van der Waals surface area contributed by atoms with Gasteiger partial charge in [0.1, 0.15) is 5.92 Å². The molecule has 0 saturated carbocycles. The molecule has 0 N–H and O–H groups in total. The molecular formula is C12H9N3O. The molecule has 0 aromatic heterocycles. The molecule has 0 aliphatic carbocycles. The summed E-state index contributed by atoms with van der Waals surface area (Å²) in [6.07, 6.45) is 0. The topological polar surface area (TPSA) is 67.9 Å². The Hall–Kier alpha value is -2.33. The van der Waals surface area contributed by atoms with Crippen LogP contribution in [0.1, 0.15) is 11.5 Å². The average molecular weight is 211 g/mol. The molecule has 0 radical (unpaired) electrons. The summed E-state index contributed by atoms with van der Waals surface area (Å²) in [6.45, 7) is 0. The van der Waals surface area contributed by atoms with E-state index in [2.05, 4.69) is 0 Å². The summed E-state index contributed by atoms with van der Waals surface area (Å²) in [6, 6.07) is 11.0. The molecule has 4 nitrogen and oxygen atoms in total. The normalized spacial score (nSPS) is 18.1. The van der Waals surface area contributed by atoms with Gasteiger partial charge in [-0.1, -0.05) is 18.2 Å². The summed E-state index contributed by atoms with van der Waals surface area (Å²) in [5.41, 5.74) is 1.55. The van der Waals surface area contributed by atoms with Gasteiger partial charge in [0, 0.05) is 12.7 Å². The summed E-state index contributed by atoms with van der Waals surface area (Å²) in [7, 11) is 1.66. The predicted octanol–water partition coefficient (Wildman–Crippen LogP) is 1.41. The van der Waals surface area contributed by atoms with Crippen LogP contribution < -0.4 is 4.90 Å². The van der Waals surface area contributed by atoms with E-state index in [9.17, 15) is 4.79 Å². The number of amides is 1. The van der Waals surface area contributed by atoms with Gasteiger partial charge in [0.05, 0.1) is 18.1 Å². The number of benzene rings is 1. The highest BCUT2D eigenvalue weighted by Crippen LogP contribution is 2.39. The van der Waals surface area contributed by atoms with Crippen molar-refractivity contribution in [2.24, 2.45) is 5.92 Å². The van der Waals surface area contributed by atoms with Crippen LogP contribution in [0.4, 0.5) is 5.69 Å². The lowest BCUT2D eigenvalue weighted by Crippen LogP contribution is -2.27. The fourth-order valence-electron chi connectivity index (χ4n) is 2.02. The van der Waals surface area contributed by atoms with Crippen molar-refractivity contribution in [3.05, 3.63) is 29.8 Å². The molecule has 1 aliphatic rings. The van der Waals surface area contributed by atoms with Crippen molar-refractivity contribution in [2.75, 3.05) is 11.9 Å². The van der Waals surface area contributed by atoms with Crippen molar-refractivity contribution < 1.29 is 4.79 Å². The van der Waals surface area contributed by atoms with Crippen LogP contribution >= 0.6 is 0 Å². The Morgan fingerprint density at radius 2 is 1.94 bits per heavy atom. The number of carbonyl (C=O) groups is 1. The molecule has 78 valence electrons. The van der Waals surface area contributed by atoms with Crippen LogP contribution in [0.3, 0.4) is 0 Å². The Balaban J connectivity index is 2.55. The fraction of sp³-hybridized carbons (Fsp3) is 0.250. The molecule has 1 aromatic rings. The lowest BCUT2D eigenvalue weighted by atomic mass is 9.89. The van der Waals surface area contributed by atoms with Gasteiger partial charge < -0.3 is 4.90 Å². The third kappa shape index (κ3) is 1.24. The standard InChI is InChI=1S/C12H9N3O/c1-15-10-5-3-2-4-9(10)11(12(15)16)8(6-13)7-14/h2-5,8,11H,1H3. The minimum Gasteiger partial charge on any atom is -0.315 e. The Bertz CT molecular complexity index is 510. The third-order valence-electron chi connectivity index (χ3n) is 2.84. The van der Waals surface area contributed by atoms with Crippen LogP contribution in [0, 0.1) is 28.6 Å². The van der Waals surface area contributed by atoms with E-state index in [1.165, 1.54) is 4.90 Å². The van der Waals surface area contributed by atoms with Gasteiger partial charge in [-0.05, 0) is 11.6 Å². The third-order valence-corrected chi connectivity index (χ3v) is 2.84. The zero-order valence-electron chi connectivity index (χ0n) is 8.71. The van der Waals surface area contributed by atoms with Crippen LogP contribution in [0.25, 0.3) is 0 Å². The van der Waals surface area contributed by atoms with Crippen molar-refractivity contribution in [1.29, 1.82) is 10.5 Å². The van der Waals surface area contributed by atoms with Crippen molar-refractivity contribution in [1.82, 2.24) is 0 Å². The first-order valence-corrected chi connectivity index (χ1v) is 4.86. The Morgan fingerprint density at radius 1 is 1.31 bits per heavy atom. The average Bonchev–Trinajstić information content (AvgIpc) is 2.57. The molecule has 0 bridgehead atoms. The van der Waals surface area contributed by atoms with Crippen molar-refractivity contribution in [2.45, 2.75) is 5.92 Å². The van der Waals surface area contributed by atoms with Gasteiger partial charge in [-0.3, -0.25) is 4.79 Å². The number of fused-ring (bicyclic) bond motifs is 1. The predicted molar refractivity (Wildman–Crippen MR) is 57.3 cm³/mol. The second-order valence-corrected chi connectivity index (χ2v) is 3.67. The maximum Gasteiger partial charge on any atom is 0.236 e. The Morgan fingerprint density at radius 3 is 2.56 bits per heavy atom. The molecule has 2 rings (SSSR count). The minimum atomic E-state index is -0.918. The number of likely N-dealkylation sites (N-methyl/N-ethyl adjacent to an activating group) is 1. The van der Waals surface area contributed by atoms with Crippen molar-refractivity contribution in [3.8, 4) is 12.1 Å². The number of hydrogen-bond acceptors (Lipinski definition) is 3. The number of anilines is 1. The largest absolute Gasteiger partial charge is 0.315 e. The number of para-hydroxylation sites is 1. The second-order valence-electron chi connectivity index (χ2n) is 3.67. The number of carbonyl (C=O) groups excluding carboxylic acids is 1. The molecule has 4 heteroatoms. The van der Waals surface area contributed by atoms with Gasteiger partial charge in [-0.25, -0.2) is 0 Å². The molecule has 1 aliphatic heterocycles.